The molecule has 2 N–H and O–H groups in total. The number of rotatable bonds is 12. The van der Waals surface area contributed by atoms with Crippen LogP contribution in [0.15, 0.2) is 91.0 Å². The highest BCUT2D eigenvalue weighted by Gasteiger charge is 2.35. The van der Waals surface area contributed by atoms with Crippen molar-refractivity contribution in [1.29, 1.82) is 0 Å². The molecule has 6 nitrogen and oxygen atoms in total. The van der Waals surface area contributed by atoms with Gasteiger partial charge >= 0.3 is 6.09 Å². The third-order valence-electron chi connectivity index (χ3n) is 5.81. The van der Waals surface area contributed by atoms with Gasteiger partial charge in [0, 0.05) is 5.75 Å². The summed E-state index contributed by atoms with van der Waals surface area (Å²) >= 11 is 1.49. The van der Waals surface area contributed by atoms with Crippen molar-refractivity contribution < 1.29 is 19.1 Å². The van der Waals surface area contributed by atoms with E-state index < -0.39 is 24.1 Å². The number of amides is 2. The largest absolute Gasteiger partial charge is 0.444 e. The monoisotopic (exact) mass is 518 g/mol. The fourth-order valence-electron chi connectivity index (χ4n) is 3.98. The SMILES string of the molecule is CC(C)C[C@@H](N)C(=O)N(C(=O)OCc1ccccc1)C(C=O)CSC(c1ccccc1)c1ccccc1. The Bertz CT molecular complexity index is 1090. The Hall–Kier alpha value is -3.42. The number of hydrogen-bond donors (Lipinski definition) is 1. The van der Waals surface area contributed by atoms with Gasteiger partial charge in [-0.1, -0.05) is 105 Å². The number of carbonyl (C=O) groups is 3. The van der Waals surface area contributed by atoms with Crippen molar-refractivity contribution in [2.45, 2.75) is 44.2 Å². The lowest BCUT2D eigenvalue weighted by Crippen LogP contribution is -2.53. The van der Waals surface area contributed by atoms with Gasteiger partial charge < -0.3 is 15.3 Å². The lowest BCUT2D eigenvalue weighted by atomic mass is 10.0. The number of nitrogens with zero attached hydrogens (tertiary/aromatic N) is 1. The van der Waals surface area contributed by atoms with E-state index >= 15 is 0 Å². The summed E-state index contributed by atoms with van der Waals surface area (Å²) in [5.41, 5.74) is 9.07. The average molecular weight is 519 g/mol. The molecule has 1 unspecified atom stereocenters. The van der Waals surface area contributed by atoms with Gasteiger partial charge in [0.05, 0.1) is 11.3 Å². The molecule has 0 fully saturated rings. The Morgan fingerprint density at radius 3 is 1.89 bits per heavy atom. The molecule has 0 heterocycles. The van der Waals surface area contributed by atoms with Crippen LogP contribution in [0.2, 0.25) is 0 Å². The fraction of sp³-hybridized carbons (Fsp3) is 0.300. The van der Waals surface area contributed by atoms with Gasteiger partial charge in [-0.25, -0.2) is 9.69 Å². The Morgan fingerprint density at radius 1 is 0.892 bits per heavy atom. The number of carbonyl (C=O) groups excluding carboxylic acids is 3. The first-order chi connectivity index (χ1) is 17.9. The van der Waals surface area contributed by atoms with Gasteiger partial charge in [-0.15, -0.1) is 11.8 Å². The van der Waals surface area contributed by atoms with Crippen molar-refractivity contribution in [2.75, 3.05) is 5.75 Å². The molecule has 0 bridgehead atoms. The maximum Gasteiger partial charge on any atom is 0.417 e. The van der Waals surface area contributed by atoms with Crippen molar-refractivity contribution in [3.05, 3.63) is 108 Å². The number of aldehydes is 1. The second kappa shape index (κ2) is 14.4. The smallest absolute Gasteiger partial charge is 0.417 e. The van der Waals surface area contributed by atoms with E-state index in [1.807, 2.05) is 105 Å². The van der Waals surface area contributed by atoms with Crippen LogP contribution in [0.1, 0.15) is 42.2 Å². The molecule has 0 spiro atoms. The van der Waals surface area contributed by atoms with E-state index in [1.54, 1.807) is 0 Å². The van der Waals surface area contributed by atoms with Crippen LogP contribution < -0.4 is 5.73 Å². The minimum Gasteiger partial charge on any atom is -0.444 e. The molecule has 3 aromatic carbocycles. The van der Waals surface area contributed by atoms with E-state index in [4.69, 9.17) is 10.5 Å². The topological polar surface area (TPSA) is 89.7 Å². The van der Waals surface area contributed by atoms with Crippen LogP contribution in [0.25, 0.3) is 0 Å². The molecule has 194 valence electrons. The molecule has 2 atom stereocenters. The number of nitrogens with two attached hydrogens (primary N) is 1. The van der Waals surface area contributed by atoms with Crippen LogP contribution in [0.5, 0.6) is 0 Å². The lowest BCUT2D eigenvalue weighted by molar-refractivity contribution is -0.135. The highest BCUT2D eigenvalue weighted by Crippen LogP contribution is 2.36. The highest BCUT2D eigenvalue weighted by molar-refractivity contribution is 7.99. The van der Waals surface area contributed by atoms with E-state index in [9.17, 15) is 14.4 Å². The van der Waals surface area contributed by atoms with Crippen molar-refractivity contribution in [3.63, 3.8) is 0 Å². The second-order valence-corrected chi connectivity index (χ2v) is 10.4. The summed E-state index contributed by atoms with van der Waals surface area (Å²) < 4.78 is 5.47. The third-order valence-corrected chi connectivity index (χ3v) is 7.22. The first kappa shape index (κ1) is 28.2. The van der Waals surface area contributed by atoms with Crippen LogP contribution in [-0.2, 0) is 20.9 Å². The van der Waals surface area contributed by atoms with Gasteiger partial charge in [0.25, 0.3) is 0 Å². The fourth-order valence-corrected chi connectivity index (χ4v) is 5.29. The summed E-state index contributed by atoms with van der Waals surface area (Å²) in [6.07, 6.45) is 0.141. The quantitative estimate of drug-likeness (QED) is 0.313. The van der Waals surface area contributed by atoms with Crippen LogP contribution in [0.4, 0.5) is 4.79 Å². The summed E-state index contributed by atoms with van der Waals surface area (Å²) in [5, 5.41) is -0.0912. The van der Waals surface area contributed by atoms with Crippen LogP contribution in [-0.4, -0.2) is 41.0 Å². The standard InChI is InChI=1S/C30H34N2O4S/c1-22(2)18-27(31)29(34)32(30(35)36-20-23-12-6-3-7-13-23)26(19-33)21-37-28(24-14-8-4-9-15-24)25-16-10-5-11-17-25/h3-17,19,22,26-28H,18,20-21,31H2,1-2H3/t26?,27-/m1/s1. The van der Waals surface area contributed by atoms with Gasteiger partial charge in [-0.05, 0) is 29.0 Å². The van der Waals surface area contributed by atoms with Crippen LogP contribution in [0, 0.1) is 5.92 Å². The molecule has 3 rings (SSSR count). The van der Waals surface area contributed by atoms with Crippen molar-refractivity contribution >= 4 is 30.0 Å². The molecule has 0 saturated carbocycles. The Morgan fingerprint density at radius 2 is 1.41 bits per heavy atom. The zero-order valence-electron chi connectivity index (χ0n) is 21.2. The van der Waals surface area contributed by atoms with E-state index in [-0.39, 0.29) is 23.5 Å². The molecule has 0 saturated heterocycles. The average Bonchev–Trinajstić information content (AvgIpc) is 2.92. The molecule has 3 aromatic rings. The molecule has 37 heavy (non-hydrogen) atoms. The summed E-state index contributed by atoms with van der Waals surface area (Å²) in [5.74, 6) is -0.274. The van der Waals surface area contributed by atoms with E-state index in [1.165, 1.54) is 11.8 Å². The molecule has 0 aromatic heterocycles. The Balaban J connectivity index is 1.83. The summed E-state index contributed by atoms with van der Waals surface area (Å²) in [6.45, 7) is 3.88. The maximum absolute atomic E-state index is 13.3. The number of ether oxygens (including phenoxy) is 1. The van der Waals surface area contributed by atoms with Crippen LogP contribution in [0.3, 0.4) is 0 Å². The Kier molecular flexibility index (Phi) is 10.9. The summed E-state index contributed by atoms with van der Waals surface area (Å²) in [7, 11) is 0. The van der Waals surface area contributed by atoms with Gasteiger partial charge in [0.2, 0.25) is 5.91 Å². The van der Waals surface area contributed by atoms with Gasteiger partial charge in [0.1, 0.15) is 18.9 Å². The predicted octanol–water partition coefficient (Wildman–Crippen LogP) is 5.62. The first-order valence-electron chi connectivity index (χ1n) is 12.4. The molecule has 7 heteroatoms. The third kappa shape index (κ3) is 8.30. The normalized spacial score (nSPS) is 12.7. The van der Waals surface area contributed by atoms with Crippen molar-refractivity contribution in [3.8, 4) is 0 Å². The number of thioether (sulfide) groups is 1. The second-order valence-electron chi connectivity index (χ2n) is 9.22. The first-order valence-corrected chi connectivity index (χ1v) is 13.4. The van der Waals surface area contributed by atoms with E-state index in [0.29, 0.717) is 12.7 Å². The van der Waals surface area contributed by atoms with Gasteiger partial charge in [0.15, 0.2) is 0 Å². The molecular formula is C30H34N2O4S. The molecule has 2 amide bonds. The number of benzene rings is 3. The Labute approximate surface area is 223 Å². The zero-order valence-corrected chi connectivity index (χ0v) is 22.1. The summed E-state index contributed by atoms with van der Waals surface area (Å²) in [4.78, 5) is 39.8. The molecule has 0 radical (unpaired) electrons. The molecule has 0 aliphatic carbocycles. The zero-order chi connectivity index (χ0) is 26.6. The van der Waals surface area contributed by atoms with Crippen molar-refractivity contribution in [1.82, 2.24) is 4.90 Å². The van der Waals surface area contributed by atoms with Gasteiger partial charge in [-0.3, -0.25) is 4.79 Å². The molecule has 0 aliphatic heterocycles. The molecular weight excluding hydrogens is 484 g/mol. The lowest BCUT2D eigenvalue weighted by Gasteiger charge is -2.29. The van der Waals surface area contributed by atoms with E-state index in [0.717, 1.165) is 21.6 Å². The predicted molar refractivity (Wildman–Crippen MR) is 148 cm³/mol. The minimum absolute atomic E-state index is 0.0156. The van der Waals surface area contributed by atoms with Crippen molar-refractivity contribution in [2.24, 2.45) is 11.7 Å². The molecule has 0 aliphatic rings. The van der Waals surface area contributed by atoms with Crippen LogP contribution >= 0.6 is 11.8 Å². The summed E-state index contributed by atoms with van der Waals surface area (Å²) in [6, 6.07) is 27.1. The van der Waals surface area contributed by atoms with Gasteiger partial charge in [-0.2, -0.15) is 0 Å². The minimum atomic E-state index is -1.03. The number of hydrogen-bond acceptors (Lipinski definition) is 6. The number of imide groups is 1. The highest BCUT2D eigenvalue weighted by atomic mass is 32.2. The maximum atomic E-state index is 13.3. The van der Waals surface area contributed by atoms with E-state index in [2.05, 4.69) is 0 Å².